The molecule has 0 amide bonds. The molecule has 0 aromatic heterocycles. The number of hydrogen-bond acceptors (Lipinski definition) is 3. The minimum absolute atomic E-state index is 0.346. The molecule has 17 heavy (non-hydrogen) atoms. The van der Waals surface area contributed by atoms with Crippen molar-refractivity contribution in [2.45, 2.75) is 19.0 Å². The minimum Gasteiger partial charge on any atom is -0.478 e. The molecule has 0 saturated carbocycles. The Hall–Kier alpha value is -1.39. The highest BCUT2D eigenvalue weighted by Crippen LogP contribution is 2.12. The van der Waals surface area contributed by atoms with E-state index in [1.807, 2.05) is 12.1 Å². The van der Waals surface area contributed by atoms with E-state index in [1.54, 1.807) is 12.1 Å². The fourth-order valence-corrected chi connectivity index (χ4v) is 2.19. The molecular formula is C13H18N2O2. The van der Waals surface area contributed by atoms with Gasteiger partial charge in [0, 0.05) is 19.1 Å². The summed E-state index contributed by atoms with van der Waals surface area (Å²) in [6.07, 6.45) is 1.18. The molecule has 0 aliphatic carbocycles. The van der Waals surface area contributed by atoms with Crippen LogP contribution in [0.25, 0.3) is 0 Å². The minimum atomic E-state index is -0.870. The van der Waals surface area contributed by atoms with Crippen molar-refractivity contribution >= 4 is 5.97 Å². The first-order valence-corrected chi connectivity index (χ1v) is 5.90. The van der Waals surface area contributed by atoms with Gasteiger partial charge in [0.05, 0.1) is 5.56 Å². The lowest BCUT2D eigenvalue weighted by atomic mass is 10.1. The first-order chi connectivity index (χ1) is 8.16. The summed E-state index contributed by atoms with van der Waals surface area (Å²) >= 11 is 0. The monoisotopic (exact) mass is 234 g/mol. The summed E-state index contributed by atoms with van der Waals surface area (Å²) in [4.78, 5) is 13.0. The van der Waals surface area contributed by atoms with Gasteiger partial charge in [-0.05, 0) is 37.7 Å². The van der Waals surface area contributed by atoms with Crippen LogP contribution in [0.5, 0.6) is 0 Å². The molecule has 1 aromatic rings. The third-order valence-electron chi connectivity index (χ3n) is 3.29. The molecule has 0 bridgehead atoms. The molecule has 2 rings (SSSR count). The molecule has 1 saturated heterocycles. The van der Waals surface area contributed by atoms with Crippen molar-refractivity contribution in [3.05, 3.63) is 35.4 Å². The number of nitrogens with zero attached hydrogens (tertiary/aromatic N) is 1. The number of rotatable bonds is 4. The van der Waals surface area contributed by atoms with Crippen molar-refractivity contribution < 1.29 is 9.90 Å². The van der Waals surface area contributed by atoms with Gasteiger partial charge in [0.25, 0.3) is 0 Å². The van der Waals surface area contributed by atoms with Gasteiger partial charge in [0.2, 0.25) is 0 Å². The lowest BCUT2D eigenvalue weighted by molar-refractivity contribution is 0.0697. The number of nitrogens with one attached hydrogen (secondary N) is 1. The zero-order valence-corrected chi connectivity index (χ0v) is 10.0. The smallest absolute Gasteiger partial charge is 0.335 e. The van der Waals surface area contributed by atoms with Crippen molar-refractivity contribution in [1.82, 2.24) is 10.2 Å². The van der Waals surface area contributed by atoms with Crippen molar-refractivity contribution in [3.63, 3.8) is 0 Å². The zero-order chi connectivity index (χ0) is 12.3. The summed E-state index contributed by atoms with van der Waals surface area (Å²) in [5.74, 6) is -0.870. The second-order valence-electron chi connectivity index (χ2n) is 4.56. The van der Waals surface area contributed by atoms with Gasteiger partial charge in [-0.1, -0.05) is 12.1 Å². The van der Waals surface area contributed by atoms with Gasteiger partial charge in [-0.2, -0.15) is 0 Å². The highest BCUT2D eigenvalue weighted by Gasteiger charge is 2.18. The maximum atomic E-state index is 10.7. The van der Waals surface area contributed by atoms with Crippen LogP contribution in [0.15, 0.2) is 24.3 Å². The molecule has 1 fully saturated rings. The van der Waals surface area contributed by atoms with E-state index in [0.29, 0.717) is 11.6 Å². The number of likely N-dealkylation sites (N-methyl/N-ethyl adjacent to an activating group) is 1. The number of carboxylic acids is 1. The molecule has 1 heterocycles. The van der Waals surface area contributed by atoms with E-state index < -0.39 is 5.97 Å². The molecule has 1 aliphatic rings. The van der Waals surface area contributed by atoms with Crippen LogP contribution in [-0.4, -0.2) is 42.2 Å². The Kier molecular flexibility index (Phi) is 3.76. The maximum absolute atomic E-state index is 10.7. The quantitative estimate of drug-likeness (QED) is 0.821. The SMILES string of the molecule is CN(Cc1ccc(C(=O)O)cc1)C1CCNC1. The number of aromatic carboxylic acids is 1. The second-order valence-corrected chi connectivity index (χ2v) is 4.56. The molecule has 4 nitrogen and oxygen atoms in total. The van der Waals surface area contributed by atoms with Crippen molar-refractivity contribution in [2.75, 3.05) is 20.1 Å². The summed E-state index contributed by atoms with van der Waals surface area (Å²) in [5, 5.41) is 12.2. The summed E-state index contributed by atoms with van der Waals surface area (Å²) in [7, 11) is 2.11. The van der Waals surface area contributed by atoms with Crippen LogP contribution in [0.1, 0.15) is 22.3 Å². The van der Waals surface area contributed by atoms with E-state index in [0.717, 1.165) is 25.2 Å². The highest BCUT2D eigenvalue weighted by atomic mass is 16.4. The Bertz CT molecular complexity index is 383. The van der Waals surface area contributed by atoms with Gasteiger partial charge in [-0.3, -0.25) is 4.90 Å². The van der Waals surface area contributed by atoms with Crippen LogP contribution < -0.4 is 5.32 Å². The average molecular weight is 234 g/mol. The molecule has 1 unspecified atom stereocenters. The lowest BCUT2D eigenvalue weighted by Gasteiger charge is -2.23. The Morgan fingerprint density at radius 2 is 2.18 bits per heavy atom. The fraction of sp³-hybridized carbons (Fsp3) is 0.462. The van der Waals surface area contributed by atoms with Gasteiger partial charge in [-0.25, -0.2) is 4.79 Å². The Morgan fingerprint density at radius 1 is 1.47 bits per heavy atom. The molecule has 1 aliphatic heterocycles. The Labute approximate surface area is 101 Å². The topological polar surface area (TPSA) is 52.6 Å². The van der Waals surface area contributed by atoms with Crippen molar-refractivity contribution in [3.8, 4) is 0 Å². The van der Waals surface area contributed by atoms with Gasteiger partial charge >= 0.3 is 5.97 Å². The van der Waals surface area contributed by atoms with Crippen LogP contribution >= 0.6 is 0 Å². The van der Waals surface area contributed by atoms with Crippen LogP contribution in [0.2, 0.25) is 0 Å². The van der Waals surface area contributed by atoms with Gasteiger partial charge in [-0.15, -0.1) is 0 Å². The molecule has 92 valence electrons. The van der Waals surface area contributed by atoms with E-state index in [4.69, 9.17) is 5.11 Å². The largest absolute Gasteiger partial charge is 0.478 e. The number of carbonyl (C=O) groups is 1. The zero-order valence-electron chi connectivity index (χ0n) is 10.0. The second kappa shape index (κ2) is 5.29. The van der Waals surface area contributed by atoms with Crippen LogP contribution in [0.3, 0.4) is 0 Å². The molecule has 1 aromatic carbocycles. The molecule has 2 N–H and O–H groups in total. The average Bonchev–Trinajstić information content (AvgIpc) is 2.83. The maximum Gasteiger partial charge on any atom is 0.335 e. The van der Waals surface area contributed by atoms with Gasteiger partial charge < -0.3 is 10.4 Å². The van der Waals surface area contributed by atoms with Crippen molar-refractivity contribution in [2.24, 2.45) is 0 Å². The van der Waals surface area contributed by atoms with E-state index in [1.165, 1.54) is 6.42 Å². The third kappa shape index (κ3) is 3.05. The summed E-state index contributed by atoms with van der Waals surface area (Å²) < 4.78 is 0. The molecule has 1 atom stereocenters. The summed E-state index contributed by atoms with van der Waals surface area (Å²) in [6, 6.07) is 7.70. The molecule has 0 spiro atoms. The summed E-state index contributed by atoms with van der Waals surface area (Å²) in [6.45, 7) is 3.00. The standard InChI is InChI=1S/C13H18N2O2/c1-15(12-6-7-14-8-12)9-10-2-4-11(5-3-10)13(16)17/h2-5,12,14H,6-9H2,1H3,(H,16,17). The lowest BCUT2D eigenvalue weighted by Crippen LogP contribution is -2.32. The van der Waals surface area contributed by atoms with Crippen LogP contribution in [-0.2, 0) is 6.54 Å². The van der Waals surface area contributed by atoms with Gasteiger partial charge in [0.15, 0.2) is 0 Å². The van der Waals surface area contributed by atoms with Gasteiger partial charge in [0.1, 0.15) is 0 Å². The Balaban J connectivity index is 1.96. The first kappa shape index (κ1) is 12.1. The van der Waals surface area contributed by atoms with Crippen LogP contribution in [0.4, 0.5) is 0 Å². The molecular weight excluding hydrogens is 216 g/mol. The predicted octanol–water partition coefficient (Wildman–Crippen LogP) is 1.18. The van der Waals surface area contributed by atoms with E-state index in [-0.39, 0.29) is 0 Å². The number of carboxylic acid groups (broad SMARTS) is 1. The third-order valence-corrected chi connectivity index (χ3v) is 3.29. The fourth-order valence-electron chi connectivity index (χ4n) is 2.19. The van der Waals surface area contributed by atoms with E-state index in [9.17, 15) is 4.79 Å². The van der Waals surface area contributed by atoms with Crippen LogP contribution in [0, 0.1) is 0 Å². The number of hydrogen-bond donors (Lipinski definition) is 2. The highest BCUT2D eigenvalue weighted by molar-refractivity contribution is 5.87. The molecule has 4 heteroatoms. The normalized spacial score (nSPS) is 19.8. The molecule has 0 radical (unpaired) electrons. The predicted molar refractivity (Wildman–Crippen MR) is 66.1 cm³/mol. The first-order valence-electron chi connectivity index (χ1n) is 5.90. The summed E-state index contributed by atoms with van der Waals surface area (Å²) in [5.41, 5.74) is 1.50. The number of benzene rings is 1. The Morgan fingerprint density at radius 3 is 2.71 bits per heavy atom. The van der Waals surface area contributed by atoms with Crippen molar-refractivity contribution in [1.29, 1.82) is 0 Å². The van der Waals surface area contributed by atoms with E-state index >= 15 is 0 Å². The van der Waals surface area contributed by atoms with E-state index in [2.05, 4.69) is 17.3 Å².